The first-order chi connectivity index (χ1) is 9.51. The Morgan fingerprint density at radius 3 is 2.55 bits per heavy atom. The molecule has 0 aromatic heterocycles. The van der Waals surface area contributed by atoms with Gasteiger partial charge in [-0.2, -0.15) is 0 Å². The molecule has 2 rings (SSSR count). The molecule has 0 aliphatic heterocycles. The molecule has 0 spiro atoms. The molecular formula is C13H7BrFNO4. The molecule has 102 valence electrons. The van der Waals surface area contributed by atoms with Crippen LogP contribution in [0.1, 0.15) is 10.4 Å². The van der Waals surface area contributed by atoms with Gasteiger partial charge in [0.2, 0.25) is 5.75 Å². The molecule has 2 aromatic rings. The van der Waals surface area contributed by atoms with E-state index in [2.05, 4.69) is 15.9 Å². The lowest BCUT2D eigenvalue weighted by molar-refractivity contribution is -0.385. The maximum atomic E-state index is 13.2. The van der Waals surface area contributed by atoms with Gasteiger partial charge in [-0.25, -0.2) is 4.39 Å². The van der Waals surface area contributed by atoms with Crippen LogP contribution in [0.2, 0.25) is 0 Å². The van der Waals surface area contributed by atoms with Crippen LogP contribution in [0.25, 0.3) is 0 Å². The van der Waals surface area contributed by atoms with E-state index in [-0.39, 0.29) is 17.2 Å². The number of carbonyl (C=O) groups excluding carboxylic acids is 1. The third-order valence-electron chi connectivity index (χ3n) is 2.43. The monoisotopic (exact) mass is 339 g/mol. The van der Waals surface area contributed by atoms with Gasteiger partial charge in [0.05, 0.1) is 9.40 Å². The van der Waals surface area contributed by atoms with E-state index in [1.165, 1.54) is 18.2 Å². The van der Waals surface area contributed by atoms with Gasteiger partial charge in [0, 0.05) is 17.7 Å². The van der Waals surface area contributed by atoms with E-state index in [1.807, 2.05) is 0 Å². The van der Waals surface area contributed by atoms with Crippen molar-refractivity contribution in [3.8, 4) is 11.5 Å². The minimum Gasteiger partial charge on any atom is -0.449 e. The van der Waals surface area contributed by atoms with Crippen molar-refractivity contribution >= 4 is 27.9 Å². The molecule has 0 radical (unpaired) electrons. The maximum absolute atomic E-state index is 13.2. The number of hydrogen-bond donors (Lipinski definition) is 0. The molecule has 0 N–H and O–H groups in total. The van der Waals surface area contributed by atoms with Crippen molar-refractivity contribution in [1.29, 1.82) is 0 Å². The smallest absolute Gasteiger partial charge is 0.311 e. The molecule has 7 heteroatoms. The molecule has 0 fully saturated rings. The SMILES string of the molecule is O=Cc1ccc(Oc2cc(F)ccc2[N+](=O)[O-])c(Br)c1. The Bertz CT molecular complexity index is 690. The fourth-order valence-corrected chi connectivity index (χ4v) is 1.99. The van der Waals surface area contributed by atoms with E-state index in [0.717, 1.165) is 18.2 Å². The second-order valence-corrected chi connectivity index (χ2v) is 4.63. The lowest BCUT2D eigenvalue weighted by atomic mass is 10.2. The van der Waals surface area contributed by atoms with E-state index in [1.54, 1.807) is 0 Å². The van der Waals surface area contributed by atoms with Gasteiger partial charge in [0.1, 0.15) is 17.9 Å². The van der Waals surface area contributed by atoms with Gasteiger partial charge in [0.25, 0.3) is 0 Å². The predicted octanol–water partition coefficient (Wildman–Crippen LogP) is 4.10. The fraction of sp³-hybridized carbons (Fsp3) is 0. The molecule has 5 nitrogen and oxygen atoms in total. The second kappa shape index (κ2) is 5.79. The van der Waals surface area contributed by atoms with Crippen molar-refractivity contribution in [3.05, 3.63) is 62.4 Å². The highest BCUT2D eigenvalue weighted by molar-refractivity contribution is 9.10. The van der Waals surface area contributed by atoms with Gasteiger partial charge in [-0.15, -0.1) is 0 Å². The molecule has 0 amide bonds. The van der Waals surface area contributed by atoms with Crippen molar-refractivity contribution in [3.63, 3.8) is 0 Å². The maximum Gasteiger partial charge on any atom is 0.311 e. The fourth-order valence-electron chi connectivity index (χ4n) is 1.51. The summed E-state index contributed by atoms with van der Waals surface area (Å²) in [5.41, 5.74) is 0.0655. The Morgan fingerprint density at radius 1 is 1.20 bits per heavy atom. The van der Waals surface area contributed by atoms with Gasteiger partial charge in [-0.3, -0.25) is 14.9 Å². The van der Waals surface area contributed by atoms with Crippen molar-refractivity contribution in [1.82, 2.24) is 0 Å². The number of ether oxygens (including phenoxy) is 1. The number of nitro benzene ring substituents is 1. The first-order valence-electron chi connectivity index (χ1n) is 5.38. The summed E-state index contributed by atoms with van der Waals surface area (Å²) in [6.45, 7) is 0. The Labute approximate surface area is 121 Å². The largest absolute Gasteiger partial charge is 0.449 e. The number of hydrogen-bond acceptors (Lipinski definition) is 4. The van der Waals surface area contributed by atoms with E-state index in [9.17, 15) is 19.3 Å². The summed E-state index contributed by atoms with van der Waals surface area (Å²) in [6, 6.07) is 7.38. The predicted molar refractivity (Wildman–Crippen MR) is 72.7 cm³/mol. The van der Waals surface area contributed by atoms with Gasteiger partial charge >= 0.3 is 5.69 Å². The molecule has 0 bridgehead atoms. The molecule has 0 saturated carbocycles. The zero-order valence-electron chi connectivity index (χ0n) is 9.88. The molecule has 2 aromatic carbocycles. The minimum atomic E-state index is -0.664. The van der Waals surface area contributed by atoms with Crippen LogP contribution in [0.4, 0.5) is 10.1 Å². The van der Waals surface area contributed by atoms with E-state index in [0.29, 0.717) is 16.3 Å². The number of carbonyl (C=O) groups is 1. The minimum absolute atomic E-state index is 0.213. The highest BCUT2D eigenvalue weighted by Crippen LogP contribution is 2.35. The summed E-state index contributed by atoms with van der Waals surface area (Å²) in [4.78, 5) is 20.8. The Balaban J connectivity index is 2.41. The number of nitro groups is 1. The number of benzene rings is 2. The van der Waals surface area contributed by atoms with Crippen molar-refractivity contribution in [2.24, 2.45) is 0 Å². The molecule has 0 unspecified atom stereocenters. The number of rotatable bonds is 4. The van der Waals surface area contributed by atoms with Crippen LogP contribution in [-0.2, 0) is 0 Å². The first-order valence-corrected chi connectivity index (χ1v) is 6.17. The summed E-state index contributed by atoms with van der Waals surface area (Å²) in [5.74, 6) is -0.620. The van der Waals surface area contributed by atoms with Gasteiger partial charge in [0.15, 0.2) is 0 Å². The molecule has 0 aliphatic rings. The molecule has 20 heavy (non-hydrogen) atoms. The Kier molecular flexibility index (Phi) is 4.09. The lowest BCUT2D eigenvalue weighted by Crippen LogP contribution is -1.95. The van der Waals surface area contributed by atoms with Crippen LogP contribution in [0.15, 0.2) is 40.9 Å². The number of aldehydes is 1. The van der Waals surface area contributed by atoms with E-state index < -0.39 is 10.7 Å². The summed E-state index contributed by atoms with van der Waals surface area (Å²) < 4.78 is 18.9. The average molecular weight is 340 g/mol. The summed E-state index contributed by atoms with van der Waals surface area (Å²) in [5, 5.41) is 10.9. The van der Waals surface area contributed by atoms with Gasteiger partial charge < -0.3 is 4.74 Å². The highest BCUT2D eigenvalue weighted by Gasteiger charge is 2.17. The van der Waals surface area contributed by atoms with Gasteiger partial charge in [-0.05, 0) is 40.2 Å². The first kappa shape index (κ1) is 14.1. The lowest BCUT2D eigenvalue weighted by Gasteiger charge is -2.08. The van der Waals surface area contributed by atoms with Crippen molar-refractivity contribution < 1.29 is 18.8 Å². The normalized spacial score (nSPS) is 10.1. The zero-order valence-corrected chi connectivity index (χ0v) is 11.5. The standard InChI is InChI=1S/C13H7BrFNO4/c14-10-5-8(7-17)1-4-12(10)20-13-6-9(15)2-3-11(13)16(18)19/h1-7H. The number of halogens is 2. The molecule has 0 saturated heterocycles. The summed E-state index contributed by atoms with van der Waals surface area (Å²) in [7, 11) is 0. The molecule has 0 aliphatic carbocycles. The topological polar surface area (TPSA) is 69.4 Å². The average Bonchev–Trinajstić information content (AvgIpc) is 2.40. The van der Waals surface area contributed by atoms with E-state index in [4.69, 9.17) is 4.74 Å². The third kappa shape index (κ3) is 3.00. The molecule has 0 heterocycles. The third-order valence-corrected chi connectivity index (χ3v) is 3.05. The Morgan fingerprint density at radius 2 is 1.95 bits per heavy atom. The van der Waals surface area contributed by atoms with Crippen LogP contribution >= 0.6 is 15.9 Å². The van der Waals surface area contributed by atoms with Crippen LogP contribution < -0.4 is 4.74 Å². The van der Waals surface area contributed by atoms with Crippen LogP contribution in [0.3, 0.4) is 0 Å². The highest BCUT2D eigenvalue weighted by atomic mass is 79.9. The van der Waals surface area contributed by atoms with Crippen LogP contribution in [0, 0.1) is 15.9 Å². The van der Waals surface area contributed by atoms with Crippen molar-refractivity contribution in [2.45, 2.75) is 0 Å². The number of nitrogens with zero attached hydrogens (tertiary/aromatic N) is 1. The summed E-state index contributed by atoms with van der Waals surface area (Å²) in [6.07, 6.45) is 0.652. The van der Waals surface area contributed by atoms with Crippen LogP contribution in [-0.4, -0.2) is 11.2 Å². The summed E-state index contributed by atoms with van der Waals surface area (Å²) >= 11 is 3.18. The Hall–Kier alpha value is -2.28. The second-order valence-electron chi connectivity index (χ2n) is 3.78. The molecule has 0 atom stereocenters. The van der Waals surface area contributed by atoms with Crippen LogP contribution in [0.5, 0.6) is 11.5 Å². The zero-order chi connectivity index (χ0) is 14.7. The molecular weight excluding hydrogens is 333 g/mol. The van der Waals surface area contributed by atoms with Crippen molar-refractivity contribution in [2.75, 3.05) is 0 Å². The van der Waals surface area contributed by atoms with E-state index >= 15 is 0 Å². The van der Waals surface area contributed by atoms with Gasteiger partial charge in [-0.1, -0.05) is 0 Å². The quantitative estimate of drug-likeness (QED) is 0.477.